The molecule has 6 heteroatoms. The maximum Gasteiger partial charge on any atom is 0.410 e. The summed E-state index contributed by atoms with van der Waals surface area (Å²) in [7, 11) is 1.36. The lowest BCUT2D eigenvalue weighted by molar-refractivity contribution is -0.232. The Morgan fingerprint density at radius 2 is 1.76 bits per heavy atom. The summed E-state index contributed by atoms with van der Waals surface area (Å²) in [6, 6.07) is 0. The number of ether oxygens (including phenoxy) is 3. The summed E-state index contributed by atoms with van der Waals surface area (Å²) in [5.74, 6) is -0.315. The van der Waals surface area contributed by atoms with Gasteiger partial charge in [-0.1, -0.05) is 7.43 Å². The molecule has 1 spiro atoms. The lowest BCUT2D eigenvalue weighted by Crippen LogP contribution is -2.59. The van der Waals surface area contributed by atoms with E-state index in [4.69, 9.17) is 9.47 Å². The van der Waals surface area contributed by atoms with Crippen molar-refractivity contribution >= 4 is 12.1 Å². The number of hydrogen-bond donors (Lipinski definition) is 0. The Labute approximate surface area is 126 Å². The fourth-order valence-corrected chi connectivity index (χ4v) is 2.64. The summed E-state index contributed by atoms with van der Waals surface area (Å²) in [5.41, 5.74) is -0.730. The van der Waals surface area contributed by atoms with Crippen LogP contribution in [0.1, 0.15) is 47.5 Å². The smallest absolute Gasteiger partial charge is 0.410 e. The van der Waals surface area contributed by atoms with Crippen LogP contribution in [0, 0.1) is 0 Å². The highest BCUT2D eigenvalue weighted by atomic mass is 16.6. The molecule has 2 heterocycles. The van der Waals surface area contributed by atoms with Crippen molar-refractivity contribution in [2.24, 2.45) is 0 Å². The van der Waals surface area contributed by atoms with Crippen molar-refractivity contribution in [1.29, 1.82) is 0 Å². The number of methoxy groups -OCH3 is 1. The molecule has 0 aromatic heterocycles. The average molecular weight is 301 g/mol. The second-order valence-corrected chi connectivity index (χ2v) is 6.48. The number of likely N-dealkylation sites (tertiary alicyclic amines) is 1. The van der Waals surface area contributed by atoms with Gasteiger partial charge in [0, 0.05) is 19.5 Å². The highest BCUT2D eigenvalue weighted by molar-refractivity contribution is 5.75. The van der Waals surface area contributed by atoms with Gasteiger partial charge in [-0.25, -0.2) is 9.59 Å². The van der Waals surface area contributed by atoms with Crippen LogP contribution < -0.4 is 0 Å². The lowest BCUT2D eigenvalue weighted by Gasteiger charge is -2.50. The highest BCUT2D eigenvalue weighted by Gasteiger charge is 2.51. The van der Waals surface area contributed by atoms with Crippen LogP contribution >= 0.6 is 0 Å². The summed E-state index contributed by atoms with van der Waals surface area (Å²) >= 11 is 0. The largest absolute Gasteiger partial charge is 0.467 e. The summed E-state index contributed by atoms with van der Waals surface area (Å²) < 4.78 is 15.7. The standard InChI is InChI=1S/C14H23NO5.CH4/c1-13(2,3)20-12(17)15-7-5-14(6-8-15)9-10(19-14)11(16)18-4;/h10H,5-9H2,1-4H3;1H4. The zero-order valence-corrected chi connectivity index (χ0v) is 12.6. The van der Waals surface area contributed by atoms with Crippen molar-refractivity contribution in [2.75, 3.05) is 20.2 Å². The monoisotopic (exact) mass is 301 g/mol. The van der Waals surface area contributed by atoms with Gasteiger partial charge in [-0.2, -0.15) is 0 Å². The predicted molar refractivity (Wildman–Crippen MR) is 78.0 cm³/mol. The first-order valence-electron chi connectivity index (χ1n) is 6.98. The summed E-state index contributed by atoms with van der Waals surface area (Å²) in [6.07, 6.45) is 1.44. The Kier molecular flexibility index (Phi) is 5.25. The van der Waals surface area contributed by atoms with Gasteiger partial charge in [0.05, 0.1) is 12.7 Å². The van der Waals surface area contributed by atoms with Crippen LogP contribution in [0.5, 0.6) is 0 Å². The minimum atomic E-state index is -0.477. The molecule has 1 atom stereocenters. The van der Waals surface area contributed by atoms with Gasteiger partial charge in [0.15, 0.2) is 6.10 Å². The molecule has 1 amide bonds. The van der Waals surface area contributed by atoms with Gasteiger partial charge in [-0.3, -0.25) is 0 Å². The third-order valence-corrected chi connectivity index (χ3v) is 3.74. The van der Waals surface area contributed by atoms with Crippen LogP contribution in [0.15, 0.2) is 0 Å². The molecular formula is C15H27NO5. The lowest BCUT2D eigenvalue weighted by atomic mass is 9.80. The van der Waals surface area contributed by atoms with Gasteiger partial charge >= 0.3 is 12.1 Å². The van der Waals surface area contributed by atoms with Crippen LogP contribution in [-0.4, -0.2) is 54.5 Å². The number of carbonyl (C=O) groups is 2. The molecule has 2 rings (SSSR count). The molecule has 2 aliphatic rings. The van der Waals surface area contributed by atoms with E-state index < -0.39 is 11.7 Å². The minimum Gasteiger partial charge on any atom is -0.467 e. The quantitative estimate of drug-likeness (QED) is 0.696. The Balaban J connectivity index is 0.00000220. The Morgan fingerprint density at radius 3 is 2.19 bits per heavy atom. The molecule has 0 N–H and O–H groups in total. The van der Waals surface area contributed by atoms with Crippen molar-refractivity contribution in [1.82, 2.24) is 4.90 Å². The Hall–Kier alpha value is -1.30. The maximum absolute atomic E-state index is 11.9. The van der Waals surface area contributed by atoms with Gasteiger partial charge in [0.2, 0.25) is 0 Å². The van der Waals surface area contributed by atoms with Gasteiger partial charge < -0.3 is 19.1 Å². The van der Waals surface area contributed by atoms with E-state index in [1.807, 2.05) is 20.8 Å². The van der Waals surface area contributed by atoms with E-state index in [1.54, 1.807) is 4.90 Å². The Bertz CT molecular complexity index is 385. The molecular weight excluding hydrogens is 274 g/mol. The first-order chi connectivity index (χ1) is 9.25. The first kappa shape index (κ1) is 17.8. The summed E-state index contributed by atoms with van der Waals surface area (Å²) in [6.45, 7) is 6.76. The third kappa shape index (κ3) is 4.09. The van der Waals surface area contributed by atoms with Crippen LogP contribution in [0.2, 0.25) is 0 Å². The maximum atomic E-state index is 11.9. The molecule has 122 valence electrons. The number of piperidine rings is 1. The molecule has 0 bridgehead atoms. The molecule has 2 fully saturated rings. The normalized spacial score (nSPS) is 23.8. The third-order valence-electron chi connectivity index (χ3n) is 3.74. The van der Waals surface area contributed by atoms with E-state index in [1.165, 1.54) is 7.11 Å². The summed E-state index contributed by atoms with van der Waals surface area (Å²) in [5, 5.41) is 0. The van der Waals surface area contributed by atoms with Gasteiger partial charge in [0.1, 0.15) is 5.60 Å². The van der Waals surface area contributed by atoms with Crippen molar-refractivity contribution in [3.8, 4) is 0 Å². The van der Waals surface area contributed by atoms with Gasteiger partial charge in [0.25, 0.3) is 0 Å². The van der Waals surface area contributed by atoms with Crippen LogP contribution in [-0.2, 0) is 19.0 Å². The van der Waals surface area contributed by atoms with E-state index in [-0.39, 0.29) is 25.1 Å². The number of esters is 1. The summed E-state index contributed by atoms with van der Waals surface area (Å²) in [4.78, 5) is 25.0. The fraction of sp³-hybridized carbons (Fsp3) is 0.867. The van der Waals surface area contributed by atoms with Crippen molar-refractivity contribution < 1.29 is 23.8 Å². The minimum absolute atomic E-state index is 0. The molecule has 0 aromatic carbocycles. The highest BCUT2D eigenvalue weighted by Crippen LogP contribution is 2.41. The number of amides is 1. The molecule has 0 saturated carbocycles. The van der Waals surface area contributed by atoms with Crippen LogP contribution in [0.3, 0.4) is 0 Å². The molecule has 6 nitrogen and oxygen atoms in total. The van der Waals surface area contributed by atoms with Crippen molar-refractivity contribution in [3.05, 3.63) is 0 Å². The van der Waals surface area contributed by atoms with E-state index in [2.05, 4.69) is 4.74 Å². The van der Waals surface area contributed by atoms with Crippen molar-refractivity contribution in [3.63, 3.8) is 0 Å². The second-order valence-electron chi connectivity index (χ2n) is 6.48. The predicted octanol–water partition coefficient (Wildman–Crippen LogP) is 2.35. The van der Waals surface area contributed by atoms with E-state index in [0.717, 1.165) is 12.8 Å². The number of carbonyl (C=O) groups excluding carboxylic acids is 2. The van der Waals surface area contributed by atoms with Crippen molar-refractivity contribution in [2.45, 2.75) is 64.8 Å². The Morgan fingerprint density at radius 1 is 1.24 bits per heavy atom. The number of rotatable bonds is 1. The average Bonchev–Trinajstić information content (AvgIpc) is 2.33. The molecule has 21 heavy (non-hydrogen) atoms. The first-order valence-corrected chi connectivity index (χ1v) is 6.98. The van der Waals surface area contributed by atoms with Crippen LogP contribution in [0.4, 0.5) is 4.79 Å². The fourth-order valence-electron chi connectivity index (χ4n) is 2.64. The molecule has 0 aliphatic carbocycles. The van der Waals surface area contributed by atoms with E-state index >= 15 is 0 Å². The molecule has 2 aliphatic heterocycles. The molecule has 0 aromatic rings. The molecule has 1 unspecified atom stereocenters. The number of hydrogen-bond acceptors (Lipinski definition) is 5. The van der Waals surface area contributed by atoms with Gasteiger partial charge in [-0.15, -0.1) is 0 Å². The van der Waals surface area contributed by atoms with E-state index in [9.17, 15) is 9.59 Å². The zero-order valence-electron chi connectivity index (χ0n) is 12.6. The number of nitrogens with zero attached hydrogens (tertiary/aromatic N) is 1. The zero-order chi connectivity index (χ0) is 15.0. The van der Waals surface area contributed by atoms with Gasteiger partial charge in [-0.05, 0) is 33.6 Å². The SMILES string of the molecule is C.COC(=O)C1CC2(CCN(C(=O)OC(C)(C)C)CC2)O1. The van der Waals surface area contributed by atoms with Crippen LogP contribution in [0.25, 0.3) is 0 Å². The molecule has 2 saturated heterocycles. The topological polar surface area (TPSA) is 65.1 Å². The second kappa shape index (κ2) is 6.22. The van der Waals surface area contributed by atoms with E-state index in [0.29, 0.717) is 19.5 Å². The molecule has 0 radical (unpaired) electrons.